The standard InChI is InChI=1S/C19H20N2O3/c1-10-11(2)18(20-12(3)17(10)22)21-19(23)15-7-13-5-6-16(24-4)9-14(13)8-15/h5-6,8-9,22H,7H2,1-4H3,(H,20,21,23). The van der Waals surface area contributed by atoms with Crippen LogP contribution in [-0.4, -0.2) is 23.1 Å². The predicted molar refractivity (Wildman–Crippen MR) is 93.4 cm³/mol. The summed E-state index contributed by atoms with van der Waals surface area (Å²) < 4.78 is 5.22. The molecule has 0 radical (unpaired) electrons. The van der Waals surface area contributed by atoms with Crippen LogP contribution in [0.2, 0.25) is 0 Å². The van der Waals surface area contributed by atoms with Crippen molar-refractivity contribution in [2.45, 2.75) is 27.2 Å². The summed E-state index contributed by atoms with van der Waals surface area (Å²) in [4.78, 5) is 16.9. The Hall–Kier alpha value is -2.82. The Kier molecular flexibility index (Phi) is 4.01. The van der Waals surface area contributed by atoms with E-state index in [-0.39, 0.29) is 11.7 Å². The molecule has 1 aromatic heterocycles. The van der Waals surface area contributed by atoms with Gasteiger partial charge in [-0.2, -0.15) is 0 Å². The van der Waals surface area contributed by atoms with Gasteiger partial charge in [0.1, 0.15) is 17.3 Å². The van der Waals surface area contributed by atoms with Crippen molar-refractivity contribution in [3.05, 3.63) is 51.7 Å². The molecule has 1 heterocycles. The van der Waals surface area contributed by atoms with E-state index in [0.717, 1.165) is 28.0 Å². The first-order valence-electron chi connectivity index (χ1n) is 7.76. The number of nitrogens with zero attached hydrogens (tertiary/aromatic N) is 1. The fourth-order valence-electron chi connectivity index (χ4n) is 2.83. The maximum Gasteiger partial charge on any atom is 0.253 e. The number of carbonyl (C=O) groups excluding carboxylic acids is 1. The SMILES string of the molecule is COc1ccc2c(c1)C=C(C(=O)Nc1nc(C)c(O)c(C)c1C)C2. The second-order valence-corrected chi connectivity index (χ2v) is 6.01. The molecule has 5 heteroatoms. The largest absolute Gasteiger partial charge is 0.506 e. The summed E-state index contributed by atoms with van der Waals surface area (Å²) in [7, 11) is 1.62. The van der Waals surface area contributed by atoms with E-state index in [1.165, 1.54) is 0 Å². The van der Waals surface area contributed by atoms with Gasteiger partial charge in [0.15, 0.2) is 0 Å². The molecule has 0 aliphatic heterocycles. The minimum atomic E-state index is -0.176. The number of nitrogens with one attached hydrogen (secondary N) is 1. The molecule has 0 saturated carbocycles. The number of hydrogen-bond acceptors (Lipinski definition) is 4. The summed E-state index contributed by atoms with van der Waals surface area (Å²) in [5.74, 6) is 1.26. The van der Waals surface area contributed by atoms with Crippen LogP contribution in [0.5, 0.6) is 11.5 Å². The second-order valence-electron chi connectivity index (χ2n) is 6.01. The molecule has 2 N–H and O–H groups in total. The number of aromatic nitrogens is 1. The maximum atomic E-state index is 12.6. The molecule has 2 aromatic rings. The molecule has 1 amide bonds. The molecule has 1 aromatic carbocycles. The van der Waals surface area contributed by atoms with Crippen molar-refractivity contribution in [1.82, 2.24) is 4.98 Å². The van der Waals surface area contributed by atoms with Crippen molar-refractivity contribution in [2.24, 2.45) is 0 Å². The Labute approximate surface area is 141 Å². The van der Waals surface area contributed by atoms with E-state index >= 15 is 0 Å². The van der Waals surface area contributed by atoms with Gasteiger partial charge in [0.25, 0.3) is 5.91 Å². The Morgan fingerprint density at radius 2 is 2.00 bits per heavy atom. The van der Waals surface area contributed by atoms with Crippen LogP contribution >= 0.6 is 0 Å². The summed E-state index contributed by atoms with van der Waals surface area (Å²) in [6.07, 6.45) is 2.46. The maximum absolute atomic E-state index is 12.6. The highest BCUT2D eigenvalue weighted by atomic mass is 16.5. The van der Waals surface area contributed by atoms with Gasteiger partial charge in [-0.15, -0.1) is 0 Å². The van der Waals surface area contributed by atoms with Crippen LogP contribution in [-0.2, 0) is 11.2 Å². The molecule has 3 rings (SSSR count). The molecule has 5 nitrogen and oxygen atoms in total. The number of benzene rings is 1. The number of aromatic hydroxyl groups is 1. The Bertz CT molecular complexity index is 869. The summed E-state index contributed by atoms with van der Waals surface area (Å²) >= 11 is 0. The number of hydrogen-bond donors (Lipinski definition) is 2. The third-order valence-electron chi connectivity index (χ3n) is 4.48. The quantitative estimate of drug-likeness (QED) is 0.909. The first kappa shape index (κ1) is 16.1. The third-order valence-corrected chi connectivity index (χ3v) is 4.48. The number of ether oxygens (including phenoxy) is 1. The normalized spacial score (nSPS) is 12.6. The molecule has 0 bridgehead atoms. The first-order chi connectivity index (χ1) is 11.4. The van der Waals surface area contributed by atoms with E-state index in [2.05, 4.69) is 10.3 Å². The lowest BCUT2D eigenvalue weighted by atomic mass is 10.1. The molecule has 0 fully saturated rings. The van der Waals surface area contributed by atoms with Gasteiger partial charge in [-0.05, 0) is 61.2 Å². The molecule has 24 heavy (non-hydrogen) atoms. The zero-order valence-corrected chi connectivity index (χ0v) is 14.2. The number of anilines is 1. The van der Waals surface area contributed by atoms with Gasteiger partial charge in [0, 0.05) is 12.0 Å². The van der Waals surface area contributed by atoms with Gasteiger partial charge in [-0.3, -0.25) is 4.79 Å². The number of carbonyl (C=O) groups is 1. The molecule has 0 unspecified atom stereocenters. The number of aryl methyl sites for hydroxylation is 1. The smallest absolute Gasteiger partial charge is 0.253 e. The first-order valence-corrected chi connectivity index (χ1v) is 7.76. The molecule has 124 valence electrons. The molecule has 1 aliphatic carbocycles. The number of amides is 1. The summed E-state index contributed by atoms with van der Waals surface area (Å²) in [6.45, 7) is 5.36. The molecule has 0 saturated heterocycles. The molecule has 0 atom stereocenters. The van der Waals surface area contributed by atoms with Crippen LogP contribution in [0.1, 0.15) is 27.9 Å². The monoisotopic (exact) mass is 324 g/mol. The van der Waals surface area contributed by atoms with E-state index in [1.807, 2.05) is 38.1 Å². The topological polar surface area (TPSA) is 71.5 Å². The zero-order valence-electron chi connectivity index (χ0n) is 14.2. The highest BCUT2D eigenvalue weighted by Crippen LogP contribution is 2.31. The second kappa shape index (κ2) is 6.00. The number of pyridine rings is 1. The lowest BCUT2D eigenvalue weighted by Crippen LogP contribution is -2.17. The van der Waals surface area contributed by atoms with Crippen molar-refractivity contribution in [1.29, 1.82) is 0 Å². The number of rotatable bonds is 3. The Morgan fingerprint density at radius 1 is 1.25 bits per heavy atom. The van der Waals surface area contributed by atoms with Gasteiger partial charge >= 0.3 is 0 Å². The average molecular weight is 324 g/mol. The number of methoxy groups -OCH3 is 1. The minimum absolute atomic E-state index is 0.171. The lowest BCUT2D eigenvalue weighted by Gasteiger charge is -2.13. The van der Waals surface area contributed by atoms with E-state index in [9.17, 15) is 9.90 Å². The van der Waals surface area contributed by atoms with Gasteiger partial charge in [-0.1, -0.05) is 6.07 Å². The van der Waals surface area contributed by atoms with Crippen molar-refractivity contribution >= 4 is 17.8 Å². The van der Waals surface area contributed by atoms with E-state index in [1.54, 1.807) is 14.0 Å². The zero-order chi connectivity index (χ0) is 17.4. The lowest BCUT2D eigenvalue weighted by molar-refractivity contribution is -0.112. The van der Waals surface area contributed by atoms with Crippen molar-refractivity contribution in [2.75, 3.05) is 12.4 Å². The van der Waals surface area contributed by atoms with E-state index in [4.69, 9.17) is 4.74 Å². The Morgan fingerprint density at radius 3 is 2.71 bits per heavy atom. The van der Waals surface area contributed by atoms with Crippen LogP contribution in [0.25, 0.3) is 6.08 Å². The summed E-state index contributed by atoms with van der Waals surface area (Å²) in [6, 6.07) is 5.79. The van der Waals surface area contributed by atoms with E-state index in [0.29, 0.717) is 23.5 Å². The van der Waals surface area contributed by atoms with Gasteiger partial charge in [-0.25, -0.2) is 4.98 Å². The van der Waals surface area contributed by atoms with E-state index < -0.39 is 0 Å². The molecule has 0 spiro atoms. The Balaban J connectivity index is 1.85. The average Bonchev–Trinajstić information content (AvgIpc) is 3.00. The highest BCUT2D eigenvalue weighted by Gasteiger charge is 2.21. The minimum Gasteiger partial charge on any atom is -0.506 e. The van der Waals surface area contributed by atoms with Gasteiger partial charge < -0.3 is 15.2 Å². The van der Waals surface area contributed by atoms with Crippen LogP contribution in [0, 0.1) is 20.8 Å². The van der Waals surface area contributed by atoms with Crippen LogP contribution in [0.15, 0.2) is 23.8 Å². The van der Waals surface area contributed by atoms with Gasteiger partial charge in [0.2, 0.25) is 0 Å². The van der Waals surface area contributed by atoms with Crippen LogP contribution in [0.3, 0.4) is 0 Å². The third kappa shape index (κ3) is 2.73. The molecule has 1 aliphatic rings. The fraction of sp³-hybridized carbons (Fsp3) is 0.263. The van der Waals surface area contributed by atoms with Crippen LogP contribution < -0.4 is 10.1 Å². The number of fused-ring (bicyclic) bond motifs is 1. The van der Waals surface area contributed by atoms with Crippen LogP contribution in [0.4, 0.5) is 5.82 Å². The molecular weight excluding hydrogens is 304 g/mol. The molecular formula is C19H20N2O3. The van der Waals surface area contributed by atoms with Crippen molar-refractivity contribution in [3.63, 3.8) is 0 Å². The predicted octanol–water partition coefficient (Wildman–Crippen LogP) is 3.30. The van der Waals surface area contributed by atoms with Gasteiger partial charge in [0.05, 0.1) is 12.8 Å². The fourth-order valence-corrected chi connectivity index (χ4v) is 2.83. The summed E-state index contributed by atoms with van der Waals surface area (Å²) in [5.41, 5.74) is 4.78. The highest BCUT2D eigenvalue weighted by molar-refractivity contribution is 6.08. The van der Waals surface area contributed by atoms with Crippen molar-refractivity contribution < 1.29 is 14.6 Å². The summed E-state index contributed by atoms with van der Waals surface area (Å²) in [5, 5.41) is 12.8. The van der Waals surface area contributed by atoms with Crippen molar-refractivity contribution in [3.8, 4) is 11.5 Å².